The first kappa shape index (κ1) is 15.9. The van der Waals surface area contributed by atoms with Crippen LogP contribution in [0.5, 0.6) is 0 Å². The lowest BCUT2D eigenvalue weighted by molar-refractivity contribution is 0.581. The van der Waals surface area contributed by atoms with Crippen LogP contribution in [-0.2, 0) is 0 Å². The van der Waals surface area contributed by atoms with E-state index in [1.807, 2.05) is 13.8 Å². The van der Waals surface area contributed by atoms with Gasteiger partial charge in [-0.2, -0.15) is 0 Å². The fourth-order valence-electron chi connectivity index (χ4n) is 2.61. The first-order valence-corrected chi connectivity index (χ1v) is 7.73. The smallest absolute Gasteiger partial charge is 0.0649 e. The molecule has 0 aromatic carbocycles. The predicted molar refractivity (Wildman–Crippen MR) is 86.9 cm³/mol. The van der Waals surface area contributed by atoms with E-state index in [1.54, 1.807) is 5.57 Å². The minimum absolute atomic E-state index is 0.362. The van der Waals surface area contributed by atoms with E-state index in [4.69, 9.17) is 4.99 Å². The molecule has 0 amide bonds. The van der Waals surface area contributed by atoms with Crippen molar-refractivity contribution in [1.82, 2.24) is 0 Å². The summed E-state index contributed by atoms with van der Waals surface area (Å²) >= 11 is 0. The SMILES string of the molecule is CC.CCC1(/C(C)=C2\C=CC=CC2=NC(C)C)CC1. The first-order chi connectivity index (χ1) is 9.09. The number of rotatable bonds is 3. The van der Waals surface area contributed by atoms with Gasteiger partial charge in [0.25, 0.3) is 0 Å². The highest BCUT2D eigenvalue weighted by Gasteiger charge is 2.43. The Morgan fingerprint density at radius 2 is 1.79 bits per heavy atom. The topological polar surface area (TPSA) is 12.4 Å². The summed E-state index contributed by atoms with van der Waals surface area (Å²) in [6.45, 7) is 12.9. The molecule has 0 bridgehead atoms. The summed E-state index contributed by atoms with van der Waals surface area (Å²) in [5.74, 6) is 0. The quantitative estimate of drug-likeness (QED) is 0.635. The standard InChI is InChI=1S/C16H23N.C2H6/c1-5-16(10-11-16)13(4)14-8-6-7-9-15(14)17-12(2)3;1-2/h6-9,12H,5,10-11H2,1-4H3;1-2H3/b14-13+,17-15?;. The third-order valence-corrected chi connectivity index (χ3v) is 4.03. The summed E-state index contributed by atoms with van der Waals surface area (Å²) in [6, 6.07) is 0.362. The highest BCUT2D eigenvalue weighted by atomic mass is 14.8. The highest BCUT2D eigenvalue weighted by molar-refractivity contribution is 6.12. The normalized spacial score (nSPS) is 24.3. The number of nitrogens with zero attached hydrogens (tertiary/aromatic N) is 1. The maximum Gasteiger partial charge on any atom is 0.0649 e. The predicted octanol–water partition coefficient (Wildman–Crippen LogP) is 5.49. The monoisotopic (exact) mass is 259 g/mol. The third kappa shape index (κ3) is 3.68. The summed E-state index contributed by atoms with van der Waals surface area (Å²) in [5.41, 5.74) is 4.56. The number of hydrogen-bond acceptors (Lipinski definition) is 1. The van der Waals surface area contributed by atoms with Crippen LogP contribution in [-0.4, -0.2) is 11.8 Å². The van der Waals surface area contributed by atoms with Crippen molar-refractivity contribution in [2.45, 2.75) is 66.8 Å². The summed E-state index contributed by atoms with van der Waals surface area (Å²) < 4.78 is 0. The average Bonchev–Trinajstić information content (AvgIpc) is 3.21. The molecule has 1 heteroatoms. The van der Waals surface area contributed by atoms with Crippen LogP contribution in [0.4, 0.5) is 0 Å². The van der Waals surface area contributed by atoms with Gasteiger partial charge in [0.05, 0.1) is 5.71 Å². The van der Waals surface area contributed by atoms with Gasteiger partial charge in [-0.3, -0.25) is 4.99 Å². The highest BCUT2D eigenvalue weighted by Crippen LogP contribution is 2.55. The van der Waals surface area contributed by atoms with Crippen molar-refractivity contribution in [1.29, 1.82) is 0 Å². The summed E-state index contributed by atoms with van der Waals surface area (Å²) in [6.07, 6.45) is 12.6. The van der Waals surface area contributed by atoms with Crippen LogP contribution in [0.25, 0.3) is 0 Å². The van der Waals surface area contributed by atoms with Crippen LogP contribution in [0.1, 0.15) is 60.8 Å². The van der Waals surface area contributed by atoms with Gasteiger partial charge in [0.15, 0.2) is 0 Å². The second kappa shape index (κ2) is 6.88. The zero-order chi connectivity index (χ0) is 14.5. The van der Waals surface area contributed by atoms with Crippen molar-refractivity contribution < 1.29 is 0 Å². The van der Waals surface area contributed by atoms with Gasteiger partial charge in [-0.15, -0.1) is 0 Å². The minimum atomic E-state index is 0.362. The molecule has 0 aliphatic heterocycles. The van der Waals surface area contributed by atoms with Gasteiger partial charge < -0.3 is 0 Å². The maximum absolute atomic E-state index is 4.74. The molecule has 1 fully saturated rings. The third-order valence-electron chi connectivity index (χ3n) is 4.03. The molecular formula is C18H29N. The number of aliphatic imine (C=N–C) groups is 1. The molecule has 0 heterocycles. The lowest BCUT2D eigenvalue weighted by Crippen LogP contribution is -2.11. The Bertz CT molecular complexity index is 415. The second-order valence-corrected chi connectivity index (χ2v) is 5.50. The molecule has 2 aliphatic carbocycles. The molecule has 0 saturated heterocycles. The Labute approximate surface area is 119 Å². The Hall–Kier alpha value is -1.11. The number of hydrogen-bond donors (Lipinski definition) is 0. The molecule has 0 N–H and O–H groups in total. The van der Waals surface area contributed by atoms with Crippen molar-refractivity contribution in [2.75, 3.05) is 0 Å². The molecule has 106 valence electrons. The first-order valence-electron chi connectivity index (χ1n) is 7.73. The maximum atomic E-state index is 4.74. The Morgan fingerprint density at radius 1 is 1.21 bits per heavy atom. The van der Waals surface area contributed by atoms with Gasteiger partial charge in [-0.25, -0.2) is 0 Å². The molecule has 0 unspecified atom stereocenters. The van der Waals surface area contributed by atoms with Crippen molar-refractivity contribution in [3.8, 4) is 0 Å². The van der Waals surface area contributed by atoms with Crippen LogP contribution < -0.4 is 0 Å². The largest absolute Gasteiger partial charge is 0.282 e. The van der Waals surface area contributed by atoms with E-state index < -0.39 is 0 Å². The van der Waals surface area contributed by atoms with E-state index in [0.717, 1.165) is 0 Å². The number of allylic oxidation sites excluding steroid dienone is 6. The Kier molecular flexibility index (Phi) is 5.78. The average molecular weight is 259 g/mol. The van der Waals surface area contributed by atoms with Crippen molar-refractivity contribution in [3.63, 3.8) is 0 Å². The molecular weight excluding hydrogens is 230 g/mol. The fraction of sp³-hybridized carbons (Fsp3) is 0.611. The van der Waals surface area contributed by atoms with Crippen LogP contribution in [0.3, 0.4) is 0 Å². The van der Waals surface area contributed by atoms with Gasteiger partial charge in [0.1, 0.15) is 0 Å². The van der Waals surface area contributed by atoms with E-state index in [1.165, 1.54) is 30.5 Å². The lowest BCUT2D eigenvalue weighted by Gasteiger charge is -2.19. The molecule has 1 saturated carbocycles. The molecule has 0 atom stereocenters. The van der Waals surface area contributed by atoms with Crippen molar-refractivity contribution >= 4 is 5.71 Å². The van der Waals surface area contributed by atoms with Crippen molar-refractivity contribution in [2.24, 2.45) is 10.4 Å². The van der Waals surface area contributed by atoms with Crippen LogP contribution in [0.2, 0.25) is 0 Å². The van der Waals surface area contributed by atoms with Crippen LogP contribution >= 0.6 is 0 Å². The van der Waals surface area contributed by atoms with Gasteiger partial charge >= 0.3 is 0 Å². The fourth-order valence-corrected chi connectivity index (χ4v) is 2.61. The van der Waals surface area contributed by atoms with E-state index >= 15 is 0 Å². The van der Waals surface area contributed by atoms with Crippen LogP contribution in [0, 0.1) is 5.41 Å². The second-order valence-electron chi connectivity index (χ2n) is 5.50. The van der Waals surface area contributed by atoms with Crippen molar-refractivity contribution in [3.05, 3.63) is 35.5 Å². The summed E-state index contributed by atoms with van der Waals surface area (Å²) in [7, 11) is 0. The van der Waals surface area contributed by atoms with Gasteiger partial charge in [-0.05, 0) is 57.1 Å². The zero-order valence-corrected chi connectivity index (χ0v) is 13.5. The van der Waals surface area contributed by atoms with E-state index in [-0.39, 0.29) is 0 Å². The molecule has 1 nitrogen and oxygen atoms in total. The van der Waals surface area contributed by atoms with Gasteiger partial charge in [0.2, 0.25) is 0 Å². The van der Waals surface area contributed by atoms with Gasteiger partial charge in [0, 0.05) is 6.04 Å². The minimum Gasteiger partial charge on any atom is -0.282 e. The Balaban J connectivity index is 0.000000861. The summed E-state index contributed by atoms with van der Waals surface area (Å²) in [5, 5.41) is 0. The van der Waals surface area contributed by atoms with Crippen LogP contribution in [0.15, 0.2) is 40.4 Å². The lowest BCUT2D eigenvalue weighted by atomic mass is 9.87. The zero-order valence-electron chi connectivity index (χ0n) is 13.5. The van der Waals surface area contributed by atoms with Gasteiger partial charge in [-0.1, -0.05) is 44.6 Å². The van der Waals surface area contributed by atoms with E-state index in [2.05, 4.69) is 52.0 Å². The Morgan fingerprint density at radius 3 is 2.26 bits per heavy atom. The molecule has 0 aromatic rings. The molecule has 19 heavy (non-hydrogen) atoms. The molecule has 0 radical (unpaired) electrons. The summed E-state index contributed by atoms with van der Waals surface area (Å²) in [4.78, 5) is 4.74. The molecule has 2 rings (SSSR count). The molecule has 0 spiro atoms. The van der Waals surface area contributed by atoms with E-state index in [0.29, 0.717) is 11.5 Å². The molecule has 2 aliphatic rings. The van der Waals surface area contributed by atoms with E-state index in [9.17, 15) is 0 Å². The molecule has 0 aromatic heterocycles.